The van der Waals surface area contributed by atoms with Crippen LogP contribution >= 0.6 is 0 Å². The van der Waals surface area contributed by atoms with E-state index in [1.807, 2.05) is 16.5 Å². The van der Waals surface area contributed by atoms with Gasteiger partial charge in [-0.3, -0.25) is 4.40 Å². The summed E-state index contributed by atoms with van der Waals surface area (Å²) in [5.74, 6) is -0.215. The Balaban J connectivity index is 1.39. The monoisotopic (exact) mass is 418 g/mol. The SMILES string of the molecule is CN1CCN(c2ccc(Nc3ncc(-c4ccc(C(=O)O)o4)n4ccnc34)cc2)CC1. The van der Waals surface area contributed by atoms with Crippen molar-refractivity contribution >= 4 is 28.8 Å². The molecule has 158 valence electrons. The number of rotatable bonds is 5. The fraction of sp³-hybridized carbons (Fsp3) is 0.227. The molecule has 1 aliphatic heterocycles. The number of likely N-dealkylation sites (N-methyl/N-ethyl adjacent to an activating group) is 1. The lowest BCUT2D eigenvalue weighted by molar-refractivity contribution is 0.0663. The van der Waals surface area contributed by atoms with Crippen LogP contribution in [0.2, 0.25) is 0 Å². The van der Waals surface area contributed by atoms with E-state index < -0.39 is 5.97 Å². The number of furan rings is 1. The minimum absolute atomic E-state index is 0.120. The van der Waals surface area contributed by atoms with Crippen LogP contribution in [0.3, 0.4) is 0 Å². The molecular formula is C22H22N6O3. The van der Waals surface area contributed by atoms with Crippen LogP contribution in [0.15, 0.2) is 59.4 Å². The van der Waals surface area contributed by atoms with Crippen LogP contribution in [-0.2, 0) is 0 Å². The molecule has 0 spiro atoms. The summed E-state index contributed by atoms with van der Waals surface area (Å²) in [5, 5.41) is 12.4. The van der Waals surface area contributed by atoms with E-state index in [-0.39, 0.29) is 5.76 Å². The Morgan fingerprint density at radius 1 is 1.06 bits per heavy atom. The molecule has 31 heavy (non-hydrogen) atoms. The molecule has 0 amide bonds. The van der Waals surface area contributed by atoms with E-state index in [9.17, 15) is 4.79 Å². The quantitative estimate of drug-likeness (QED) is 0.510. The second-order valence-corrected chi connectivity index (χ2v) is 7.54. The highest BCUT2D eigenvalue weighted by atomic mass is 16.4. The summed E-state index contributed by atoms with van der Waals surface area (Å²) in [6, 6.07) is 11.3. The summed E-state index contributed by atoms with van der Waals surface area (Å²) in [7, 11) is 2.15. The molecule has 0 unspecified atom stereocenters. The zero-order valence-electron chi connectivity index (χ0n) is 17.0. The lowest BCUT2D eigenvalue weighted by atomic mass is 10.2. The normalized spacial score (nSPS) is 14.8. The molecule has 1 saturated heterocycles. The minimum atomic E-state index is -1.11. The van der Waals surface area contributed by atoms with Gasteiger partial charge < -0.3 is 24.6 Å². The average Bonchev–Trinajstić information content (AvgIpc) is 3.46. The number of carbonyl (C=O) groups is 1. The molecule has 1 aliphatic rings. The highest BCUT2D eigenvalue weighted by Crippen LogP contribution is 2.27. The van der Waals surface area contributed by atoms with Crippen LogP contribution in [0.25, 0.3) is 17.1 Å². The highest BCUT2D eigenvalue weighted by molar-refractivity contribution is 5.85. The summed E-state index contributed by atoms with van der Waals surface area (Å²) in [6.45, 7) is 4.18. The molecule has 0 saturated carbocycles. The Hall–Kier alpha value is -3.85. The second-order valence-electron chi connectivity index (χ2n) is 7.54. The largest absolute Gasteiger partial charge is 0.475 e. The molecule has 0 radical (unpaired) electrons. The number of carboxylic acids is 1. The van der Waals surface area contributed by atoms with Crippen LogP contribution in [0, 0.1) is 0 Å². The number of nitrogens with zero attached hydrogens (tertiary/aromatic N) is 5. The number of piperazine rings is 1. The van der Waals surface area contributed by atoms with Crippen LogP contribution in [0.5, 0.6) is 0 Å². The van der Waals surface area contributed by atoms with Crippen molar-refractivity contribution in [2.45, 2.75) is 0 Å². The first-order valence-electron chi connectivity index (χ1n) is 10.0. The Labute approximate surface area is 178 Å². The fourth-order valence-corrected chi connectivity index (χ4v) is 3.74. The minimum Gasteiger partial charge on any atom is -0.475 e. The number of anilines is 3. The van der Waals surface area contributed by atoms with Crippen molar-refractivity contribution < 1.29 is 14.3 Å². The molecule has 3 aromatic heterocycles. The van der Waals surface area contributed by atoms with Crippen molar-refractivity contribution in [3.8, 4) is 11.5 Å². The molecule has 5 rings (SSSR count). The van der Waals surface area contributed by atoms with Crippen LogP contribution in [0.1, 0.15) is 10.6 Å². The number of imidazole rings is 1. The molecule has 1 fully saturated rings. The molecule has 2 N–H and O–H groups in total. The zero-order valence-corrected chi connectivity index (χ0v) is 17.0. The van der Waals surface area contributed by atoms with E-state index in [0.717, 1.165) is 31.9 Å². The second kappa shape index (κ2) is 7.77. The van der Waals surface area contributed by atoms with Gasteiger partial charge in [-0.1, -0.05) is 0 Å². The standard InChI is InChI=1S/C22H22N6O3/c1-26-10-12-27(13-11-26)16-4-2-15(3-5-16)25-20-21-23-8-9-28(21)17(14-24-20)18-6-7-19(31-18)22(29)30/h2-9,14H,10-13H2,1H3,(H,24,25)(H,29,30). The summed E-state index contributed by atoms with van der Waals surface area (Å²) in [5.41, 5.74) is 3.36. The van der Waals surface area contributed by atoms with Gasteiger partial charge in [-0.15, -0.1) is 0 Å². The van der Waals surface area contributed by atoms with Gasteiger partial charge in [0, 0.05) is 49.9 Å². The van der Waals surface area contributed by atoms with Gasteiger partial charge in [-0.05, 0) is 43.4 Å². The lowest BCUT2D eigenvalue weighted by Gasteiger charge is -2.34. The van der Waals surface area contributed by atoms with E-state index in [0.29, 0.717) is 22.9 Å². The number of aromatic nitrogens is 3. The smallest absolute Gasteiger partial charge is 0.371 e. The van der Waals surface area contributed by atoms with Gasteiger partial charge in [-0.2, -0.15) is 0 Å². The molecule has 4 aromatic rings. The number of benzene rings is 1. The third kappa shape index (κ3) is 3.71. The van der Waals surface area contributed by atoms with E-state index in [4.69, 9.17) is 9.52 Å². The molecule has 0 aliphatic carbocycles. The first-order chi connectivity index (χ1) is 15.1. The van der Waals surface area contributed by atoms with E-state index in [1.54, 1.807) is 24.7 Å². The van der Waals surface area contributed by atoms with Crippen molar-refractivity contribution in [1.82, 2.24) is 19.3 Å². The Bertz CT molecular complexity index is 1220. The van der Waals surface area contributed by atoms with Gasteiger partial charge in [0.1, 0.15) is 5.69 Å². The zero-order chi connectivity index (χ0) is 21.4. The third-order valence-electron chi connectivity index (χ3n) is 5.50. The van der Waals surface area contributed by atoms with Crippen LogP contribution < -0.4 is 10.2 Å². The van der Waals surface area contributed by atoms with E-state index >= 15 is 0 Å². The van der Waals surface area contributed by atoms with Crippen molar-refractivity contribution in [2.75, 3.05) is 43.4 Å². The third-order valence-corrected chi connectivity index (χ3v) is 5.50. The highest BCUT2D eigenvalue weighted by Gasteiger charge is 2.16. The number of hydrogen-bond acceptors (Lipinski definition) is 7. The summed E-state index contributed by atoms with van der Waals surface area (Å²) >= 11 is 0. The van der Waals surface area contributed by atoms with Gasteiger partial charge in [0.05, 0.1) is 6.20 Å². The van der Waals surface area contributed by atoms with Crippen molar-refractivity contribution in [3.63, 3.8) is 0 Å². The first-order valence-corrected chi connectivity index (χ1v) is 10.0. The summed E-state index contributed by atoms with van der Waals surface area (Å²) in [4.78, 5) is 24.8. The average molecular weight is 418 g/mol. The number of carboxylic acid groups (broad SMARTS) is 1. The molecule has 0 bridgehead atoms. The van der Waals surface area contributed by atoms with Gasteiger partial charge in [-0.25, -0.2) is 14.8 Å². The molecule has 4 heterocycles. The van der Waals surface area contributed by atoms with Gasteiger partial charge >= 0.3 is 5.97 Å². The first kappa shape index (κ1) is 19.1. The molecular weight excluding hydrogens is 396 g/mol. The maximum atomic E-state index is 11.1. The Morgan fingerprint density at radius 3 is 2.55 bits per heavy atom. The maximum absolute atomic E-state index is 11.1. The maximum Gasteiger partial charge on any atom is 0.371 e. The molecule has 9 nitrogen and oxygen atoms in total. The molecule has 1 aromatic carbocycles. The molecule has 0 atom stereocenters. The number of fused-ring (bicyclic) bond motifs is 1. The van der Waals surface area contributed by atoms with E-state index in [2.05, 4.69) is 44.3 Å². The van der Waals surface area contributed by atoms with Crippen LogP contribution in [0.4, 0.5) is 17.2 Å². The Morgan fingerprint density at radius 2 is 1.84 bits per heavy atom. The summed E-state index contributed by atoms with van der Waals surface area (Å²) in [6.07, 6.45) is 5.10. The topological polar surface area (TPSA) is 99.1 Å². The van der Waals surface area contributed by atoms with Crippen LogP contribution in [-0.4, -0.2) is 63.6 Å². The van der Waals surface area contributed by atoms with Crippen molar-refractivity contribution in [3.05, 3.63) is 60.7 Å². The van der Waals surface area contributed by atoms with Gasteiger partial charge in [0.25, 0.3) is 0 Å². The van der Waals surface area contributed by atoms with E-state index in [1.165, 1.54) is 11.8 Å². The van der Waals surface area contributed by atoms with Crippen molar-refractivity contribution in [1.29, 1.82) is 0 Å². The predicted molar refractivity (Wildman–Crippen MR) is 117 cm³/mol. The number of aromatic carboxylic acids is 1. The van der Waals surface area contributed by atoms with Crippen molar-refractivity contribution in [2.24, 2.45) is 0 Å². The van der Waals surface area contributed by atoms with Gasteiger partial charge in [0.2, 0.25) is 5.76 Å². The predicted octanol–water partition coefficient (Wildman–Crippen LogP) is 3.18. The number of nitrogens with one attached hydrogen (secondary N) is 1. The number of hydrogen-bond donors (Lipinski definition) is 2. The molecule has 9 heteroatoms. The van der Waals surface area contributed by atoms with Gasteiger partial charge in [0.15, 0.2) is 17.2 Å². The lowest BCUT2D eigenvalue weighted by Crippen LogP contribution is -2.44. The fourth-order valence-electron chi connectivity index (χ4n) is 3.74. The Kier molecular flexibility index (Phi) is 4.79. The summed E-state index contributed by atoms with van der Waals surface area (Å²) < 4.78 is 7.25.